The van der Waals surface area contributed by atoms with Crippen LogP contribution in [0.1, 0.15) is 36.2 Å². The summed E-state index contributed by atoms with van der Waals surface area (Å²) in [5, 5.41) is 5.02. The maximum atomic E-state index is 12.3. The molecule has 0 spiro atoms. The van der Waals surface area contributed by atoms with Crippen LogP contribution in [0.5, 0.6) is 0 Å². The Balaban J connectivity index is 1.74. The third-order valence-corrected chi connectivity index (χ3v) is 3.90. The normalized spacial score (nSPS) is 11.5. The van der Waals surface area contributed by atoms with Crippen LogP contribution in [-0.2, 0) is 19.5 Å². The lowest BCUT2D eigenvalue weighted by molar-refractivity contribution is 0.298. The number of rotatable bonds is 6. The second kappa shape index (κ2) is 6.97. The van der Waals surface area contributed by atoms with Gasteiger partial charge in [0.05, 0.1) is 6.54 Å². The number of fused-ring (bicyclic) bond motifs is 1. The predicted octanol–water partition coefficient (Wildman–Crippen LogP) is 2.80. The Morgan fingerprint density at radius 1 is 1.25 bits per heavy atom. The molecule has 0 amide bonds. The van der Waals surface area contributed by atoms with Gasteiger partial charge in [0.25, 0.3) is 5.56 Å². The standard InChI is InChI=1S/C18H22N4O2/c1-4-5-17-20-16(21-24-17)11-22(3)10-14-9-13-7-6-12(2)8-15(13)19-18(14)23/h6-9H,4-5,10-11H2,1-3H3,(H,19,23). The number of aryl methyl sites for hydroxylation is 2. The number of hydrogen-bond acceptors (Lipinski definition) is 5. The summed E-state index contributed by atoms with van der Waals surface area (Å²) >= 11 is 0. The minimum absolute atomic E-state index is 0.0558. The quantitative estimate of drug-likeness (QED) is 0.754. The van der Waals surface area contributed by atoms with Crippen LogP contribution < -0.4 is 5.56 Å². The van der Waals surface area contributed by atoms with Gasteiger partial charge in [-0.15, -0.1) is 0 Å². The molecular weight excluding hydrogens is 304 g/mol. The average molecular weight is 326 g/mol. The lowest BCUT2D eigenvalue weighted by Gasteiger charge is -2.14. The molecule has 0 atom stereocenters. The van der Waals surface area contributed by atoms with E-state index in [1.807, 2.05) is 43.1 Å². The Labute approximate surface area is 140 Å². The van der Waals surface area contributed by atoms with Crippen molar-refractivity contribution in [3.05, 3.63) is 57.5 Å². The van der Waals surface area contributed by atoms with Gasteiger partial charge in [-0.05, 0) is 43.5 Å². The van der Waals surface area contributed by atoms with Crippen LogP contribution in [0.2, 0.25) is 0 Å². The topological polar surface area (TPSA) is 75.0 Å². The van der Waals surface area contributed by atoms with Crippen LogP contribution in [-0.4, -0.2) is 27.1 Å². The number of nitrogens with one attached hydrogen (secondary N) is 1. The Morgan fingerprint density at radius 2 is 2.08 bits per heavy atom. The first-order chi connectivity index (χ1) is 11.5. The first kappa shape index (κ1) is 16.4. The maximum absolute atomic E-state index is 12.3. The van der Waals surface area contributed by atoms with Crippen molar-refractivity contribution >= 4 is 10.9 Å². The molecule has 0 aliphatic rings. The highest BCUT2D eigenvalue weighted by Crippen LogP contribution is 2.14. The monoisotopic (exact) mass is 326 g/mol. The van der Waals surface area contributed by atoms with Crippen LogP contribution in [0.15, 0.2) is 33.6 Å². The summed E-state index contributed by atoms with van der Waals surface area (Å²) in [5.74, 6) is 1.31. The third kappa shape index (κ3) is 3.71. The zero-order valence-corrected chi connectivity index (χ0v) is 14.3. The summed E-state index contributed by atoms with van der Waals surface area (Å²) in [4.78, 5) is 21.6. The number of benzene rings is 1. The Kier molecular flexibility index (Phi) is 4.76. The number of nitrogens with zero attached hydrogens (tertiary/aromatic N) is 3. The molecule has 0 aliphatic heterocycles. The molecule has 6 heteroatoms. The SMILES string of the molecule is CCCc1nc(CN(C)Cc2cc3ccc(C)cc3[nH]c2=O)no1. The number of hydrogen-bond donors (Lipinski definition) is 1. The number of pyridine rings is 1. The summed E-state index contributed by atoms with van der Waals surface area (Å²) < 4.78 is 5.19. The van der Waals surface area contributed by atoms with Crippen molar-refractivity contribution in [1.29, 1.82) is 0 Å². The lowest BCUT2D eigenvalue weighted by Crippen LogP contribution is -2.23. The molecule has 24 heavy (non-hydrogen) atoms. The largest absolute Gasteiger partial charge is 0.339 e. The third-order valence-electron chi connectivity index (χ3n) is 3.90. The van der Waals surface area contributed by atoms with Crippen LogP contribution in [0.25, 0.3) is 10.9 Å². The molecule has 0 aliphatic carbocycles. The van der Waals surface area contributed by atoms with Crippen molar-refractivity contribution in [2.75, 3.05) is 7.05 Å². The molecule has 1 aromatic carbocycles. The molecule has 2 heterocycles. The zero-order chi connectivity index (χ0) is 17.1. The lowest BCUT2D eigenvalue weighted by atomic mass is 10.1. The van der Waals surface area contributed by atoms with Crippen molar-refractivity contribution in [3.8, 4) is 0 Å². The Hall–Kier alpha value is -2.47. The van der Waals surface area contributed by atoms with E-state index in [0.717, 1.165) is 34.9 Å². The van der Waals surface area contributed by atoms with Crippen molar-refractivity contribution < 1.29 is 4.52 Å². The second-order valence-corrected chi connectivity index (χ2v) is 6.24. The van der Waals surface area contributed by atoms with E-state index in [9.17, 15) is 4.79 Å². The molecule has 0 fully saturated rings. The molecule has 0 saturated carbocycles. The first-order valence-electron chi connectivity index (χ1n) is 8.17. The highest BCUT2D eigenvalue weighted by molar-refractivity contribution is 5.79. The van der Waals surface area contributed by atoms with E-state index in [0.29, 0.717) is 24.8 Å². The van der Waals surface area contributed by atoms with Gasteiger partial charge in [0, 0.05) is 24.0 Å². The van der Waals surface area contributed by atoms with E-state index in [2.05, 4.69) is 22.0 Å². The van der Waals surface area contributed by atoms with Gasteiger partial charge in [-0.3, -0.25) is 9.69 Å². The molecule has 3 rings (SSSR count). The van der Waals surface area contributed by atoms with Gasteiger partial charge in [0.2, 0.25) is 5.89 Å². The van der Waals surface area contributed by atoms with E-state index in [1.54, 1.807) is 0 Å². The van der Waals surface area contributed by atoms with Gasteiger partial charge in [-0.2, -0.15) is 4.98 Å². The maximum Gasteiger partial charge on any atom is 0.252 e. The van der Waals surface area contributed by atoms with Gasteiger partial charge >= 0.3 is 0 Å². The fourth-order valence-electron chi connectivity index (χ4n) is 2.74. The number of aromatic amines is 1. The Bertz CT molecular complexity index is 897. The predicted molar refractivity (Wildman–Crippen MR) is 92.8 cm³/mol. The summed E-state index contributed by atoms with van der Waals surface area (Å²) in [5.41, 5.74) is 2.67. The van der Waals surface area contributed by atoms with E-state index in [-0.39, 0.29) is 5.56 Å². The van der Waals surface area contributed by atoms with Crippen molar-refractivity contribution in [2.24, 2.45) is 0 Å². The van der Waals surface area contributed by atoms with E-state index in [1.165, 1.54) is 0 Å². The van der Waals surface area contributed by atoms with E-state index < -0.39 is 0 Å². The summed E-state index contributed by atoms with van der Waals surface area (Å²) in [6.07, 6.45) is 1.77. The summed E-state index contributed by atoms with van der Waals surface area (Å²) in [6.45, 7) is 5.15. The van der Waals surface area contributed by atoms with Crippen molar-refractivity contribution in [1.82, 2.24) is 20.0 Å². The minimum atomic E-state index is -0.0558. The fourth-order valence-corrected chi connectivity index (χ4v) is 2.74. The molecule has 0 radical (unpaired) electrons. The van der Waals surface area contributed by atoms with Crippen molar-refractivity contribution in [2.45, 2.75) is 39.8 Å². The van der Waals surface area contributed by atoms with Crippen LogP contribution >= 0.6 is 0 Å². The molecule has 0 bridgehead atoms. The summed E-state index contributed by atoms with van der Waals surface area (Å²) in [6, 6.07) is 8.00. The van der Waals surface area contributed by atoms with E-state index in [4.69, 9.17) is 4.52 Å². The number of H-pyrrole nitrogens is 1. The Morgan fingerprint density at radius 3 is 2.88 bits per heavy atom. The van der Waals surface area contributed by atoms with Crippen LogP contribution in [0, 0.1) is 6.92 Å². The molecule has 0 unspecified atom stereocenters. The average Bonchev–Trinajstić information content (AvgIpc) is 2.95. The molecule has 1 N–H and O–H groups in total. The summed E-state index contributed by atoms with van der Waals surface area (Å²) in [7, 11) is 1.94. The highest BCUT2D eigenvalue weighted by Gasteiger charge is 2.11. The zero-order valence-electron chi connectivity index (χ0n) is 14.3. The molecule has 126 valence electrons. The van der Waals surface area contributed by atoms with Crippen LogP contribution in [0.3, 0.4) is 0 Å². The van der Waals surface area contributed by atoms with Gasteiger partial charge in [0.15, 0.2) is 5.82 Å². The number of aromatic nitrogens is 3. The van der Waals surface area contributed by atoms with E-state index >= 15 is 0 Å². The van der Waals surface area contributed by atoms with Gasteiger partial charge in [-0.1, -0.05) is 24.2 Å². The molecule has 3 aromatic rings. The molecule has 0 saturated heterocycles. The van der Waals surface area contributed by atoms with Crippen molar-refractivity contribution in [3.63, 3.8) is 0 Å². The molecule has 2 aromatic heterocycles. The first-order valence-corrected chi connectivity index (χ1v) is 8.17. The minimum Gasteiger partial charge on any atom is -0.339 e. The smallest absolute Gasteiger partial charge is 0.252 e. The molecular formula is C18H22N4O2. The van der Waals surface area contributed by atoms with Gasteiger partial charge in [0.1, 0.15) is 0 Å². The van der Waals surface area contributed by atoms with Gasteiger partial charge < -0.3 is 9.51 Å². The highest BCUT2D eigenvalue weighted by atomic mass is 16.5. The van der Waals surface area contributed by atoms with Gasteiger partial charge in [-0.25, -0.2) is 0 Å². The fraction of sp³-hybridized carbons (Fsp3) is 0.389. The molecule has 6 nitrogen and oxygen atoms in total. The van der Waals surface area contributed by atoms with Crippen LogP contribution in [0.4, 0.5) is 0 Å². The second-order valence-electron chi connectivity index (χ2n) is 6.24.